The molecule has 2 heterocycles. The first-order chi connectivity index (χ1) is 13.0. The largest absolute Gasteiger partial charge is 0.367 e. The van der Waals surface area contributed by atoms with Crippen molar-refractivity contribution in [3.05, 3.63) is 76.0 Å². The molecule has 7 nitrogen and oxygen atoms in total. The van der Waals surface area contributed by atoms with Crippen LogP contribution in [-0.2, 0) is 4.74 Å². The van der Waals surface area contributed by atoms with Gasteiger partial charge in [-0.15, -0.1) is 0 Å². The lowest BCUT2D eigenvalue weighted by Crippen LogP contribution is -2.46. The van der Waals surface area contributed by atoms with Crippen molar-refractivity contribution in [2.24, 2.45) is 0 Å². The van der Waals surface area contributed by atoms with E-state index in [9.17, 15) is 14.9 Å². The molecule has 0 saturated carbocycles. The first kappa shape index (κ1) is 17.2. The zero-order chi connectivity index (χ0) is 19.0. The number of para-hydroxylation sites is 1. The Morgan fingerprint density at radius 2 is 1.96 bits per heavy atom. The van der Waals surface area contributed by atoms with Gasteiger partial charge in [-0.2, -0.15) is 0 Å². The predicted octanol–water partition coefficient (Wildman–Crippen LogP) is 3.68. The molecule has 1 aromatic heterocycles. The van der Waals surface area contributed by atoms with Gasteiger partial charge in [0.05, 0.1) is 17.6 Å². The molecule has 0 spiro atoms. The summed E-state index contributed by atoms with van der Waals surface area (Å²) in [6.07, 6.45) is -0.302. The number of nitrogens with zero attached hydrogens (tertiary/aromatic N) is 2. The fourth-order valence-corrected chi connectivity index (χ4v) is 3.55. The zero-order valence-corrected chi connectivity index (χ0v) is 14.8. The van der Waals surface area contributed by atoms with Crippen molar-refractivity contribution in [1.29, 1.82) is 0 Å². The summed E-state index contributed by atoms with van der Waals surface area (Å²) in [5.41, 5.74) is 1.70. The Bertz CT molecular complexity index is 999. The van der Waals surface area contributed by atoms with Crippen molar-refractivity contribution in [2.75, 3.05) is 13.1 Å². The average Bonchev–Trinajstić information content (AvgIpc) is 3.11. The second kappa shape index (κ2) is 6.85. The van der Waals surface area contributed by atoms with E-state index in [0.29, 0.717) is 29.7 Å². The van der Waals surface area contributed by atoms with Crippen molar-refractivity contribution in [3.63, 3.8) is 0 Å². The van der Waals surface area contributed by atoms with Crippen LogP contribution in [0.1, 0.15) is 29.1 Å². The van der Waals surface area contributed by atoms with Crippen LogP contribution in [0.2, 0.25) is 0 Å². The number of H-pyrrole nitrogens is 1. The van der Waals surface area contributed by atoms with Gasteiger partial charge in [-0.25, -0.2) is 0 Å². The first-order valence-electron chi connectivity index (χ1n) is 8.78. The number of non-ortho nitro benzene ring substituents is 1. The van der Waals surface area contributed by atoms with E-state index in [-0.39, 0.29) is 23.8 Å². The van der Waals surface area contributed by atoms with Gasteiger partial charge in [-0.1, -0.05) is 42.5 Å². The molecular weight excluding hydrogens is 346 g/mol. The van der Waals surface area contributed by atoms with E-state index in [2.05, 4.69) is 4.98 Å². The minimum atomic E-state index is -0.449. The highest BCUT2D eigenvalue weighted by Gasteiger charge is 2.31. The summed E-state index contributed by atoms with van der Waals surface area (Å²) in [5.74, 6) is -0.184. The van der Waals surface area contributed by atoms with Gasteiger partial charge >= 0.3 is 0 Å². The number of amides is 1. The van der Waals surface area contributed by atoms with Crippen molar-refractivity contribution >= 4 is 22.5 Å². The van der Waals surface area contributed by atoms with Crippen LogP contribution in [-0.4, -0.2) is 39.9 Å². The normalized spacial score (nSPS) is 20.0. The molecule has 2 unspecified atom stereocenters. The fraction of sp³-hybridized carbons (Fsp3) is 0.250. The summed E-state index contributed by atoms with van der Waals surface area (Å²) in [7, 11) is 0. The maximum atomic E-state index is 13.0. The van der Waals surface area contributed by atoms with Crippen LogP contribution < -0.4 is 0 Å². The summed E-state index contributed by atoms with van der Waals surface area (Å²) in [6.45, 7) is 2.84. The van der Waals surface area contributed by atoms with Gasteiger partial charge in [-0.05, 0) is 18.6 Å². The lowest BCUT2D eigenvalue weighted by Gasteiger charge is -2.36. The fourth-order valence-electron chi connectivity index (χ4n) is 3.55. The lowest BCUT2D eigenvalue weighted by atomic mass is 10.1. The molecular formula is C20H19N3O4. The third-order valence-electron chi connectivity index (χ3n) is 4.78. The van der Waals surface area contributed by atoms with E-state index in [1.54, 1.807) is 23.1 Å². The Labute approximate surface area is 155 Å². The van der Waals surface area contributed by atoms with Crippen LogP contribution in [0.5, 0.6) is 0 Å². The Morgan fingerprint density at radius 3 is 2.70 bits per heavy atom. The van der Waals surface area contributed by atoms with Crippen LogP contribution in [0, 0.1) is 10.1 Å². The van der Waals surface area contributed by atoms with Gasteiger partial charge < -0.3 is 14.6 Å². The van der Waals surface area contributed by atoms with Crippen molar-refractivity contribution in [2.45, 2.75) is 19.1 Å². The highest BCUT2D eigenvalue weighted by atomic mass is 16.6. The van der Waals surface area contributed by atoms with Gasteiger partial charge in [0.1, 0.15) is 17.3 Å². The Balaban J connectivity index is 1.63. The summed E-state index contributed by atoms with van der Waals surface area (Å²) < 4.78 is 6.00. The summed E-state index contributed by atoms with van der Waals surface area (Å²) >= 11 is 0. The standard InChI is InChI=1S/C20H19N3O4/c1-13-11-22(12-18(27-13)14-6-3-2-4-7-14)20(24)16-10-15-8-5-9-17(23(25)26)19(15)21-16/h2-10,13,18,21H,11-12H2,1H3. The molecule has 1 saturated heterocycles. The SMILES string of the molecule is CC1CN(C(=O)c2cc3cccc([N+](=O)[O-])c3[nH]2)CC(c2ccccc2)O1. The van der Waals surface area contributed by atoms with E-state index in [1.165, 1.54) is 6.07 Å². The predicted molar refractivity (Wildman–Crippen MR) is 101 cm³/mol. The average molecular weight is 365 g/mol. The molecule has 138 valence electrons. The Hall–Kier alpha value is -3.19. The summed E-state index contributed by atoms with van der Waals surface area (Å²) in [6, 6.07) is 16.3. The van der Waals surface area contributed by atoms with Crippen LogP contribution in [0.25, 0.3) is 10.9 Å². The third-order valence-corrected chi connectivity index (χ3v) is 4.78. The molecule has 2 atom stereocenters. The third kappa shape index (κ3) is 3.29. The monoisotopic (exact) mass is 365 g/mol. The quantitative estimate of drug-likeness (QED) is 0.566. The maximum Gasteiger partial charge on any atom is 0.293 e. The summed E-state index contributed by atoms with van der Waals surface area (Å²) in [4.78, 5) is 28.5. The number of aromatic nitrogens is 1. The Morgan fingerprint density at radius 1 is 1.19 bits per heavy atom. The van der Waals surface area contributed by atoms with Crippen LogP contribution >= 0.6 is 0 Å². The number of benzene rings is 2. The molecule has 1 amide bonds. The number of carbonyl (C=O) groups is 1. The Kier molecular flexibility index (Phi) is 4.37. The molecule has 27 heavy (non-hydrogen) atoms. The van der Waals surface area contributed by atoms with Crippen LogP contribution in [0.3, 0.4) is 0 Å². The van der Waals surface area contributed by atoms with Gasteiger partial charge in [0.2, 0.25) is 0 Å². The van der Waals surface area contributed by atoms with Crippen molar-refractivity contribution in [1.82, 2.24) is 9.88 Å². The number of carbonyl (C=O) groups excluding carboxylic acids is 1. The minimum Gasteiger partial charge on any atom is -0.367 e. The number of nitro groups is 1. The van der Waals surface area contributed by atoms with Crippen molar-refractivity contribution in [3.8, 4) is 0 Å². The molecule has 1 aliphatic rings. The number of nitrogens with one attached hydrogen (secondary N) is 1. The van der Waals surface area contributed by atoms with Crippen LogP contribution in [0.15, 0.2) is 54.6 Å². The van der Waals surface area contributed by atoms with Gasteiger partial charge in [0, 0.05) is 18.0 Å². The zero-order valence-electron chi connectivity index (χ0n) is 14.8. The van der Waals surface area contributed by atoms with E-state index in [0.717, 1.165) is 5.56 Å². The molecule has 2 aromatic carbocycles. The minimum absolute atomic E-state index is 0.0379. The molecule has 0 aliphatic carbocycles. The van der Waals surface area contributed by atoms with E-state index < -0.39 is 4.92 Å². The molecule has 7 heteroatoms. The highest BCUT2D eigenvalue weighted by molar-refractivity contribution is 6.00. The maximum absolute atomic E-state index is 13.0. The lowest BCUT2D eigenvalue weighted by molar-refractivity contribution is -0.383. The van der Waals surface area contributed by atoms with Gasteiger partial charge in [0.25, 0.3) is 11.6 Å². The molecule has 3 aromatic rings. The molecule has 1 N–H and O–H groups in total. The summed E-state index contributed by atoms with van der Waals surface area (Å²) in [5, 5.41) is 11.9. The molecule has 4 rings (SSSR count). The number of ether oxygens (including phenoxy) is 1. The van der Waals surface area contributed by atoms with Crippen LogP contribution in [0.4, 0.5) is 5.69 Å². The molecule has 0 bridgehead atoms. The molecule has 0 radical (unpaired) electrons. The molecule has 1 aliphatic heterocycles. The number of hydrogen-bond donors (Lipinski definition) is 1. The number of morpholine rings is 1. The number of aromatic amines is 1. The van der Waals surface area contributed by atoms with E-state index in [1.807, 2.05) is 37.3 Å². The smallest absolute Gasteiger partial charge is 0.293 e. The number of nitro benzene ring substituents is 1. The van der Waals surface area contributed by atoms with Crippen molar-refractivity contribution < 1.29 is 14.5 Å². The van der Waals surface area contributed by atoms with Gasteiger partial charge in [0.15, 0.2) is 0 Å². The second-order valence-corrected chi connectivity index (χ2v) is 6.74. The molecule has 1 fully saturated rings. The number of rotatable bonds is 3. The number of fused-ring (bicyclic) bond motifs is 1. The second-order valence-electron chi connectivity index (χ2n) is 6.74. The van der Waals surface area contributed by atoms with Gasteiger partial charge in [-0.3, -0.25) is 14.9 Å². The number of hydrogen-bond acceptors (Lipinski definition) is 4. The first-order valence-corrected chi connectivity index (χ1v) is 8.78. The van der Waals surface area contributed by atoms with E-state index >= 15 is 0 Å². The van der Waals surface area contributed by atoms with E-state index in [4.69, 9.17) is 4.74 Å². The topological polar surface area (TPSA) is 88.5 Å². The highest BCUT2D eigenvalue weighted by Crippen LogP contribution is 2.28.